The minimum atomic E-state index is -0.282. The number of nitrogens with zero attached hydrogens (tertiary/aromatic N) is 1. The van der Waals surface area contributed by atoms with Gasteiger partial charge in [0.15, 0.2) is 5.11 Å². The molecule has 0 saturated heterocycles. The van der Waals surface area contributed by atoms with E-state index in [1.807, 2.05) is 19.0 Å². The first kappa shape index (κ1) is 17.9. The molecular formula is C18H25ClFN3S. The number of thiocarbonyl (C=S) groups is 1. The minimum absolute atomic E-state index is 0.182. The molecule has 0 radical (unpaired) electrons. The number of rotatable bonds is 5. The number of halogens is 2. The van der Waals surface area contributed by atoms with Gasteiger partial charge in [-0.1, -0.05) is 24.1 Å². The Morgan fingerprint density at radius 2 is 2.17 bits per heavy atom. The summed E-state index contributed by atoms with van der Waals surface area (Å²) in [5, 5.41) is 7.82. The van der Waals surface area contributed by atoms with Crippen LogP contribution < -0.4 is 10.6 Å². The largest absolute Gasteiger partial charge is 0.361 e. The van der Waals surface area contributed by atoms with Crippen LogP contribution in [0, 0.1) is 17.7 Å². The van der Waals surface area contributed by atoms with Gasteiger partial charge in [0.2, 0.25) is 0 Å². The molecule has 1 aromatic carbocycles. The number of nitrogens with one attached hydrogen (secondary N) is 2. The molecule has 0 amide bonds. The van der Waals surface area contributed by atoms with Crippen molar-refractivity contribution in [1.29, 1.82) is 0 Å². The molecule has 2 N–H and O–H groups in total. The quantitative estimate of drug-likeness (QED) is 0.773. The van der Waals surface area contributed by atoms with Gasteiger partial charge in [-0.3, -0.25) is 0 Å². The lowest BCUT2D eigenvalue weighted by atomic mass is 9.95. The van der Waals surface area contributed by atoms with Crippen LogP contribution in [0.2, 0.25) is 5.02 Å². The summed E-state index contributed by atoms with van der Waals surface area (Å²) in [5.74, 6) is 1.36. The molecule has 6 heteroatoms. The predicted molar refractivity (Wildman–Crippen MR) is 101 cm³/mol. The topological polar surface area (TPSA) is 27.3 Å². The summed E-state index contributed by atoms with van der Waals surface area (Å²) < 4.78 is 14.2. The van der Waals surface area contributed by atoms with E-state index in [0.717, 1.165) is 11.8 Å². The molecule has 0 aliphatic heterocycles. The standard InChI is InChI=1S/C18H25ClFN3S/c1-23(2)16(17-13(19)4-3-5-14(17)20)10-21-18(24)22-15-9-11-6-7-12(15)8-11/h3-5,11-12,15-16H,6-10H2,1-2H3,(H2,21,22,24)/t11-,12-,15-,16-/m1/s1. The second-order valence-electron chi connectivity index (χ2n) is 7.25. The first-order valence-electron chi connectivity index (χ1n) is 8.60. The first-order chi connectivity index (χ1) is 11.5. The SMILES string of the molecule is CN(C)[C@H](CNC(=S)N[C@@H]1C[C@@H]2CC[C@@H]1C2)c1c(F)cccc1Cl. The molecule has 2 aliphatic rings. The maximum atomic E-state index is 14.2. The van der Waals surface area contributed by atoms with Crippen LogP contribution in [0.4, 0.5) is 4.39 Å². The van der Waals surface area contributed by atoms with Crippen molar-refractivity contribution in [3.63, 3.8) is 0 Å². The Bertz CT molecular complexity index is 590. The van der Waals surface area contributed by atoms with Crippen molar-refractivity contribution < 1.29 is 4.39 Å². The zero-order valence-electron chi connectivity index (χ0n) is 14.2. The fourth-order valence-electron chi connectivity index (χ4n) is 4.20. The number of fused-ring (bicyclic) bond motifs is 2. The fraction of sp³-hybridized carbons (Fsp3) is 0.611. The monoisotopic (exact) mass is 369 g/mol. The molecule has 4 atom stereocenters. The molecule has 3 nitrogen and oxygen atoms in total. The van der Waals surface area contributed by atoms with Gasteiger partial charge in [-0.2, -0.15) is 0 Å². The minimum Gasteiger partial charge on any atom is -0.361 e. The maximum Gasteiger partial charge on any atom is 0.166 e. The highest BCUT2D eigenvalue weighted by atomic mass is 35.5. The Morgan fingerprint density at radius 1 is 1.38 bits per heavy atom. The van der Waals surface area contributed by atoms with E-state index in [2.05, 4.69) is 10.6 Å². The van der Waals surface area contributed by atoms with Gasteiger partial charge in [0.05, 0.1) is 6.04 Å². The summed E-state index contributed by atoms with van der Waals surface area (Å²) in [7, 11) is 3.84. The lowest BCUT2D eigenvalue weighted by molar-refractivity contribution is 0.290. The van der Waals surface area contributed by atoms with E-state index in [1.54, 1.807) is 12.1 Å². The molecule has 3 rings (SSSR count). The Labute approximate surface area is 153 Å². The van der Waals surface area contributed by atoms with Gasteiger partial charge in [-0.05, 0) is 69.5 Å². The lowest BCUT2D eigenvalue weighted by Gasteiger charge is -2.29. The van der Waals surface area contributed by atoms with Gasteiger partial charge >= 0.3 is 0 Å². The van der Waals surface area contributed by atoms with E-state index in [9.17, 15) is 4.39 Å². The van der Waals surface area contributed by atoms with E-state index < -0.39 is 0 Å². The van der Waals surface area contributed by atoms with Gasteiger partial charge in [0.25, 0.3) is 0 Å². The van der Waals surface area contributed by atoms with E-state index in [0.29, 0.717) is 28.3 Å². The highest BCUT2D eigenvalue weighted by Crippen LogP contribution is 2.44. The Balaban J connectivity index is 1.59. The third-order valence-electron chi connectivity index (χ3n) is 5.47. The van der Waals surface area contributed by atoms with Crippen molar-refractivity contribution in [2.75, 3.05) is 20.6 Å². The first-order valence-corrected chi connectivity index (χ1v) is 9.39. The third-order valence-corrected chi connectivity index (χ3v) is 6.06. The average molecular weight is 370 g/mol. The van der Waals surface area contributed by atoms with Gasteiger partial charge < -0.3 is 15.5 Å². The Morgan fingerprint density at radius 3 is 2.75 bits per heavy atom. The molecule has 24 heavy (non-hydrogen) atoms. The summed E-state index contributed by atoms with van der Waals surface area (Å²) in [6.07, 6.45) is 5.25. The molecule has 2 saturated carbocycles. The van der Waals surface area contributed by atoms with Crippen LogP contribution in [0.5, 0.6) is 0 Å². The second-order valence-corrected chi connectivity index (χ2v) is 8.07. The van der Waals surface area contributed by atoms with E-state index >= 15 is 0 Å². The molecule has 0 unspecified atom stereocenters. The number of hydrogen-bond acceptors (Lipinski definition) is 2. The highest BCUT2D eigenvalue weighted by Gasteiger charge is 2.39. The summed E-state index contributed by atoms with van der Waals surface area (Å²) in [6.45, 7) is 0.514. The summed E-state index contributed by atoms with van der Waals surface area (Å²) in [4.78, 5) is 1.96. The molecule has 132 valence electrons. The Hall–Kier alpha value is -0.910. The van der Waals surface area contributed by atoms with Crippen LogP contribution >= 0.6 is 23.8 Å². The van der Waals surface area contributed by atoms with E-state index in [4.69, 9.17) is 23.8 Å². The zero-order chi connectivity index (χ0) is 17.3. The molecule has 0 heterocycles. The summed E-state index contributed by atoms with van der Waals surface area (Å²) in [5.41, 5.74) is 0.513. The molecule has 2 bridgehead atoms. The number of hydrogen-bond donors (Lipinski definition) is 2. The number of likely N-dealkylation sites (N-methyl/N-ethyl adjacent to an activating group) is 1. The van der Waals surface area contributed by atoms with E-state index in [-0.39, 0.29) is 11.9 Å². The van der Waals surface area contributed by atoms with Gasteiger partial charge in [-0.15, -0.1) is 0 Å². The molecule has 0 spiro atoms. The van der Waals surface area contributed by atoms with Crippen LogP contribution in [0.25, 0.3) is 0 Å². The molecule has 0 aromatic heterocycles. The molecule has 2 aliphatic carbocycles. The van der Waals surface area contributed by atoms with Crippen molar-refractivity contribution >= 4 is 28.9 Å². The van der Waals surface area contributed by atoms with Crippen LogP contribution in [0.1, 0.15) is 37.3 Å². The average Bonchev–Trinajstić information content (AvgIpc) is 3.12. The van der Waals surface area contributed by atoms with Crippen LogP contribution in [0.15, 0.2) is 18.2 Å². The van der Waals surface area contributed by atoms with Crippen LogP contribution in [-0.4, -0.2) is 36.7 Å². The van der Waals surface area contributed by atoms with Crippen molar-refractivity contribution in [2.45, 2.75) is 37.8 Å². The number of benzene rings is 1. The van der Waals surface area contributed by atoms with Crippen molar-refractivity contribution in [2.24, 2.45) is 11.8 Å². The van der Waals surface area contributed by atoms with Crippen molar-refractivity contribution in [3.05, 3.63) is 34.6 Å². The highest BCUT2D eigenvalue weighted by molar-refractivity contribution is 7.80. The smallest absolute Gasteiger partial charge is 0.166 e. The normalized spacial score (nSPS) is 26.6. The Kier molecular flexibility index (Phi) is 5.63. The van der Waals surface area contributed by atoms with E-state index in [1.165, 1.54) is 31.7 Å². The summed E-state index contributed by atoms with van der Waals surface area (Å²) in [6, 6.07) is 5.12. The van der Waals surface area contributed by atoms with Crippen LogP contribution in [-0.2, 0) is 0 Å². The fourth-order valence-corrected chi connectivity index (χ4v) is 4.73. The van der Waals surface area contributed by atoms with Gasteiger partial charge in [0.1, 0.15) is 5.82 Å². The predicted octanol–water partition coefficient (Wildman–Crippen LogP) is 3.73. The molecule has 1 aromatic rings. The van der Waals surface area contributed by atoms with Crippen molar-refractivity contribution in [1.82, 2.24) is 15.5 Å². The van der Waals surface area contributed by atoms with Gasteiger partial charge in [0, 0.05) is 23.2 Å². The molecular weight excluding hydrogens is 345 g/mol. The zero-order valence-corrected chi connectivity index (χ0v) is 15.8. The summed E-state index contributed by atoms with van der Waals surface area (Å²) >= 11 is 11.7. The lowest BCUT2D eigenvalue weighted by Crippen LogP contribution is -2.46. The third kappa shape index (κ3) is 3.84. The second kappa shape index (κ2) is 7.54. The molecule has 2 fully saturated rings. The van der Waals surface area contributed by atoms with Crippen molar-refractivity contribution in [3.8, 4) is 0 Å². The van der Waals surface area contributed by atoms with Crippen LogP contribution in [0.3, 0.4) is 0 Å². The van der Waals surface area contributed by atoms with Gasteiger partial charge in [-0.25, -0.2) is 4.39 Å². The maximum absolute atomic E-state index is 14.2.